The van der Waals surface area contributed by atoms with Crippen LogP contribution in [0.25, 0.3) is 0 Å². The van der Waals surface area contributed by atoms with Gasteiger partial charge >= 0.3 is 0 Å². The fourth-order valence-electron chi connectivity index (χ4n) is 3.61. The molecule has 0 bridgehead atoms. The van der Waals surface area contributed by atoms with Crippen LogP contribution in [0.1, 0.15) is 64.4 Å². The van der Waals surface area contributed by atoms with Crippen LogP contribution < -0.4 is 5.32 Å². The van der Waals surface area contributed by atoms with E-state index in [1.54, 1.807) is 24.3 Å². The number of nitrogens with one attached hydrogen (secondary N) is 1. The van der Waals surface area contributed by atoms with Crippen molar-refractivity contribution >= 4 is 11.8 Å². The number of hydrogen-bond donors (Lipinski definition) is 1. The van der Waals surface area contributed by atoms with Gasteiger partial charge in [0.25, 0.3) is 11.8 Å². The molecule has 0 spiro atoms. The zero-order chi connectivity index (χ0) is 19.2. The third kappa shape index (κ3) is 4.76. The minimum Gasteiger partial charge on any atom is -0.348 e. The van der Waals surface area contributed by atoms with Crippen LogP contribution in [0.3, 0.4) is 0 Å². The number of amides is 2. The summed E-state index contributed by atoms with van der Waals surface area (Å²) in [6, 6.07) is 15.4. The highest BCUT2D eigenvalue weighted by molar-refractivity contribution is 5.98. The Kier molecular flexibility index (Phi) is 6.28. The van der Waals surface area contributed by atoms with E-state index in [-0.39, 0.29) is 11.8 Å². The lowest BCUT2D eigenvalue weighted by Gasteiger charge is -2.35. The minimum atomic E-state index is -0.126. The van der Waals surface area contributed by atoms with Gasteiger partial charge in [0.05, 0.1) is 0 Å². The van der Waals surface area contributed by atoms with Crippen LogP contribution in [-0.2, 0) is 6.54 Å². The molecule has 4 heteroatoms. The van der Waals surface area contributed by atoms with Crippen LogP contribution in [0.5, 0.6) is 0 Å². The smallest absolute Gasteiger partial charge is 0.254 e. The Morgan fingerprint density at radius 2 is 1.67 bits per heavy atom. The van der Waals surface area contributed by atoms with Crippen molar-refractivity contribution in [3.63, 3.8) is 0 Å². The third-order valence-electron chi connectivity index (χ3n) is 5.33. The first kappa shape index (κ1) is 19.2. The Balaban J connectivity index is 1.61. The number of hydrogen-bond acceptors (Lipinski definition) is 2. The fourth-order valence-corrected chi connectivity index (χ4v) is 3.61. The van der Waals surface area contributed by atoms with Gasteiger partial charge in [-0.05, 0) is 62.4 Å². The Labute approximate surface area is 161 Å². The molecule has 1 N–H and O–H groups in total. The van der Waals surface area contributed by atoms with Crippen molar-refractivity contribution in [2.45, 2.75) is 52.1 Å². The van der Waals surface area contributed by atoms with E-state index in [9.17, 15) is 9.59 Å². The van der Waals surface area contributed by atoms with Gasteiger partial charge in [0.15, 0.2) is 0 Å². The fraction of sp³-hybridized carbons (Fsp3) is 0.391. The molecule has 1 aliphatic rings. The molecule has 142 valence electrons. The monoisotopic (exact) mass is 364 g/mol. The maximum Gasteiger partial charge on any atom is 0.254 e. The van der Waals surface area contributed by atoms with E-state index in [4.69, 9.17) is 0 Å². The second kappa shape index (κ2) is 8.85. The predicted molar refractivity (Wildman–Crippen MR) is 108 cm³/mol. The molecule has 1 aliphatic heterocycles. The summed E-state index contributed by atoms with van der Waals surface area (Å²) in [4.78, 5) is 27.2. The first-order valence-electron chi connectivity index (χ1n) is 9.83. The lowest BCUT2D eigenvalue weighted by Crippen LogP contribution is -2.43. The predicted octanol–water partition coefficient (Wildman–Crippen LogP) is 4.33. The number of aryl methyl sites for hydroxylation is 1. The molecule has 4 nitrogen and oxygen atoms in total. The average Bonchev–Trinajstić information content (AvgIpc) is 2.72. The molecular formula is C23H28N2O2. The highest BCUT2D eigenvalue weighted by Crippen LogP contribution is 2.22. The van der Waals surface area contributed by atoms with E-state index in [0.29, 0.717) is 23.7 Å². The Bertz CT molecular complexity index is 781. The molecule has 0 radical (unpaired) electrons. The zero-order valence-electron chi connectivity index (χ0n) is 16.2. The molecule has 3 rings (SSSR count). The van der Waals surface area contributed by atoms with Gasteiger partial charge in [-0.1, -0.05) is 36.8 Å². The van der Waals surface area contributed by atoms with E-state index in [1.165, 1.54) is 12.0 Å². The van der Waals surface area contributed by atoms with Crippen molar-refractivity contribution in [2.24, 2.45) is 0 Å². The molecular weight excluding hydrogens is 336 g/mol. The lowest BCUT2D eigenvalue weighted by molar-refractivity contribution is 0.0607. The second-order valence-corrected chi connectivity index (χ2v) is 7.30. The Morgan fingerprint density at radius 3 is 2.33 bits per heavy atom. The molecule has 0 aliphatic carbocycles. The second-order valence-electron chi connectivity index (χ2n) is 7.30. The molecule has 2 amide bonds. The van der Waals surface area contributed by atoms with Gasteiger partial charge < -0.3 is 10.2 Å². The van der Waals surface area contributed by atoms with Crippen LogP contribution in [-0.4, -0.2) is 29.3 Å². The van der Waals surface area contributed by atoms with Gasteiger partial charge in [-0.3, -0.25) is 9.59 Å². The van der Waals surface area contributed by atoms with Crippen molar-refractivity contribution < 1.29 is 9.59 Å². The van der Waals surface area contributed by atoms with Crippen molar-refractivity contribution in [2.75, 3.05) is 6.54 Å². The first-order valence-corrected chi connectivity index (χ1v) is 9.83. The number of carbonyl (C=O) groups excluding carboxylic acids is 2. The van der Waals surface area contributed by atoms with Crippen LogP contribution in [0.4, 0.5) is 0 Å². The van der Waals surface area contributed by atoms with Crippen molar-refractivity contribution in [1.82, 2.24) is 10.2 Å². The third-order valence-corrected chi connectivity index (χ3v) is 5.33. The maximum absolute atomic E-state index is 12.8. The summed E-state index contributed by atoms with van der Waals surface area (Å²) < 4.78 is 0. The molecule has 1 fully saturated rings. The van der Waals surface area contributed by atoms with E-state index in [2.05, 4.69) is 12.2 Å². The topological polar surface area (TPSA) is 49.4 Å². The van der Waals surface area contributed by atoms with Crippen LogP contribution in [0, 0.1) is 6.92 Å². The van der Waals surface area contributed by atoms with Gasteiger partial charge in [-0.15, -0.1) is 0 Å². The normalized spacial score (nSPS) is 16.8. The van der Waals surface area contributed by atoms with Gasteiger partial charge in [-0.2, -0.15) is 0 Å². The van der Waals surface area contributed by atoms with Gasteiger partial charge in [0.2, 0.25) is 0 Å². The largest absolute Gasteiger partial charge is 0.348 e. The number of carbonyl (C=O) groups is 2. The summed E-state index contributed by atoms with van der Waals surface area (Å²) in [5.41, 5.74) is 3.50. The molecule has 2 aromatic carbocycles. The molecule has 0 saturated carbocycles. The lowest BCUT2D eigenvalue weighted by atomic mass is 9.98. The molecule has 0 aromatic heterocycles. The maximum atomic E-state index is 12.8. The number of piperidine rings is 1. The average molecular weight is 364 g/mol. The Morgan fingerprint density at radius 1 is 1.00 bits per heavy atom. The van der Waals surface area contributed by atoms with E-state index >= 15 is 0 Å². The van der Waals surface area contributed by atoms with E-state index in [1.807, 2.05) is 36.1 Å². The number of likely N-dealkylation sites (tertiary alicyclic amines) is 1. The highest BCUT2D eigenvalue weighted by Gasteiger charge is 2.26. The van der Waals surface area contributed by atoms with Crippen molar-refractivity contribution in [1.29, 1.82) is 0 Å². The summed E-state index contributed by atoms with van der Waals surface area (Å²) in [6.07, 6.45) is 4.34. The quantitative estimate of drug-likeness (QED) is 0.858. The van der Waals surface area contributed by atoms with Crippen molar-refractivity contribution in [3.8, 4) is 0 Å². The summed E-state index contributed by atoms with van der Waals surface area (Å²) in [5, 5.41) is 2.93. The van der Waals surface area contributed by atoms with Gasteiger partial charge in [0.1, 0.15) is 0 Å². The van der Waals surface area contributed by atoms with Crippen LogP contribution >= 0.6 is 0 Å². The zero-order valence-corrected chi connectivity index (χ0v) is 16.2. The number of nitrogens with zero attached hydrogens (tertiary/aromatic N) is 1. The van der Waals surface area contributed by atoms with Gasteiger partial charge in [-0.25, -0.2) is 0 Å². The molecule has 1 saturated heterocycles. The first-order chi connectivity index (χ1) is 13.1. The minimum absolute atomic E-state index is 0.0770. The summed E-state index contributed by atoms with van der Waals surface area (Å²) in [6.45, 7) is 5.50. The van der Waals surface area contributed by atoms with Crippen LogP contribution in [0.2, 0.25) is 0 Å². The highest BCUT2D eigenvalue weighted by atomic mass is 16.2. The van der Waals surface area contributed by atoms with Gasteiger partial charge in [0, 0.05) is 30.3 Å². The summed E-state index contributed by atoms with van der Waals surface area (Å²) >= 11 is 0. The van der Waals surface area contributed by atoms with Crippen molar-refractivity contribution in [3.05, 3.63) is 70.8 Å². The molecule has 27 heavy (non-hydrogen) atoms. The van der Waals surface area contributed by atoms with E-state index in [0.717, 1.165) is 31.4 Å². The molecule has 1 unspecified atom stereocenters. The Hall–Kier alpha value is -2.62. The molecule has 2 aromatic rings. The summed E-state index contributed by atoms with van der Waals surface area (Å²) in [5.74, 6) is -0.0489. The standard InChI is InChI=1S/C23H28N2O2/c1-3-21-6-4-5-15-25(21)23(27)20-13-11-19(12-14-20)22(26)24-16-18-9-7-17(2)8-10-18/h7-14,21H,3-6,15-16H2,1-2H3,(H,24,26). The molecule has 1 heterocycles. The molecule has 1 atom stereocenters. The number of rotatable bonds is 5. The summed E-state index contributed by atoms with van der Waals surface area (Å²) in [7, 11) is 0. The van der Waals surface area contributed by atoms with E-state index < -0.39 is 0 Å². The SMILES string of the molecule is CCC1CCCCN1C(=O)c1ccc(C(=O)NCc2ccc(C)cc2)cc1. The number of benzene rings is 2. The van der Waals surface area contributed by atoms with Crippen LogP contribution in [0.15, 0.2) is 48.5 Å².